The SMILES string of the molecule is COc1ccc(-c2noc(-c3cccn(CC(=O)NCc4ccc(F)cc4)c3=O)n2)cc1OC. The summed E-state index contributed by atoms with van der Waals surface area (Å²) in [6.45, 7) is 0.0104. The van der Waals surface area contributed by atoms with E-state index in [9.17, 15) is 14.0 Å². The number of nitrogens with one attached hydrogen (secondary N) is 1. The van der Waals surface area contributed by atoms with E-state index in [1.807, 2.05) is 0 Å². The topological polar surface area (TPSA) is 108 Å². The molecule has 4 aromatic rings. The van der Waals surface area contributed by atoms with E-state index < -0.39 is 5.56 Å². The molecule has 2 aromatic carbocycles. The number of rotatable bonds is 8. The zero-order valence-electron chi connectivity index (χ0n) is 18.4. The molecule has 34 heavy (non-hydrogen) atoms. The fourth-order valence-corrected chi connectivity index (χ4v) is 3.26. The van der Waals surface area contributed by atoms with Crippen molar-refractivity contribution in [2.24, 2.45) is 0 Å². The molecule has 0 aliphatic heterocycles. The smallest absolute Gasteiger partial charge is 0.263 e. The monoisotopic (exact) mass is 464 g/mol. The van der Waals surface area contributed by atoms with Gasteiger partial charge in [0.05, 0.1) is 14.2 Å². The number of carbonyl (C=O) groups excluding carboxylic acids is 1. The molecule has 0 spiro atoms. The molecule has 0 fully saturated rings. The lowest BCUT2D eigenvalue weighted by Gasteiger charge is -2.08. The van der Waals surface area contributed by atoms with Crippen molar-refractivity contribution in [2.75, 3.05) is 14.2 Å². The number of ether oxygens (including phenoxy) is 2. The van der Waals surface area contributed by atoms with Gasteiger partial charge in [-0.05, 0) is 48.0 Å². The predicted molar refractivity (Wildman–Crippen MR) is 121 cm³/mol. The van der Waals surface area contributed by atoms with E-state index in [1.165, 1.54) is 37.1 Å². The number of pyridine rings is 1. The Morgan fingerprint density at radius 3 is 2.59 bits per heavy atom. The van der Waals surface area contributed by atoms with E-state index >= 15 is 0 Å². The number of amides is 1. The van der Waals surface area contributed by atoms with Crippen LogP contribution >= 0.6 is 0 Å². The second kappa shape index (κ2) is 9.99. The molecule has 10 heteroatoms. The van der Waals surface area contributed by atoms with Crippen molar-refractivity contribution in [3.05, 3.63) is 82.5 Å². The van der Waals surface area contributed by atoms with Crippen molar-refractivity contribution in [1.29, 1.82) is 0 Å². The fraction of sp³-hybridized carbons (Fsp3) is 0.167. The molecular formula is C24H21FN4O5. The highest BCUT2D eigenvalue weighted by atomic mass is 19.1. The first-order valence-corrected chi connectivity index (χ1v) is 10.3. The van der Waals surface area contributed by atoms with Gasteiger partial charge >= 0.3 is 0 Å². The van der Waals surface area contributed by atoms with Crippen molar-refractivity contribution >= 4 is 5.91 Å². The number of hydrogen-bond donors (Lipinski definition) is 1. The van der Waals surface area contributed by atoms with Crippen molar-refractivity contribution in [1.82, 2.24) is 20.0 Å². The summed E-state index contributed by atoms with van der Waals surface area (Å²) in [5.74, 6) is 0.617. The lowest BCUT2D eigenvalue weighted by Crippen LogP contribution is -2.32. The van der Waals surface area contributed by atoms with Crippen LogP contribution in [-0.2, 0) is 17.9 Å². The van der Waals surface area contributed by atoms with Crippen molar-refractivity contribution < 1.29 is 23.2 Å². The second-order valence-corrected chi connectivity index (χ2v) is 7.25. The first-order valence-electron chi connectivity index (χ1n) is 10.3. The summed E-state index contributed by atoms with van der Waals surface area (Å²) < 4.78 is 30.1. The summed E-state index contributed by atoms with van der Waals surface area (Å²) in [4.78, 5) is 29.6. The Labute approximate surface area is 193 Å². The Morgan fingerprint density at radius 1 is 1.09 bits per heavy atom. The molecule has 0 aliphatic carbocycles. The molecule has 1 amide bonds. The molecule has 2 heterocycles. The Bertz CT molecular complexity index is 1360. The normalized spacial score (nSPS) is 10.7. The fourth-order valence-electron chi connectivity index (χ4n) is 3.26. The van der Waals surface area contributed by atoms with Crippen LogP contribution in [0.4, 0.5) is 4.39 Å². The van der Waals surface area contributed by atoms with E-state index in [2.05, 4.69) is 15.5 Å². The van der Waals surface area contributed by atoms with Gasteiger partial charge in [0.1, 0.15) is 17.9 Å². The number of nitrogens with zero attached hydrogens (tertiary/aromatic N) is 3. The number of methoxy groups -OCH3 is 2. The van der Waals surface area contributed by atoms with E-state index in [0.717, 1.165) is 5.56 Å². The average molecular weight is 464 g/mol. The first-order chi connectivity index (χ1) is 16.5. The zero-order valence-corrected chi connectivity index (χ0v) is 18.4. The highest BCUT2D eigenvalue weighted by Crippen LogP contribution is 2.31. The molecule has 0 radical (unpaired) electrons. The number of aromatic nitrogens is 3. The van der Waals surface area contributed by atoms with Crippen LogP contribution in [0.25, 0.3) is 22.8 Å². The Morgan fingerprint density at radius 2 is 1.85 bits per heavy atom. The maximum atomic E-state index is 13.0. The second-order valence-electron chi connectivity index (χ2n) is 7.25. The Hall–Kier alpha value is -4.47. The molecule has 0 aliphatic rings. The molecule has 0 saturated carbocycles. The number of benzene rings is 2. The summed E-state index contributed by atoms with van der Waals surface area (Å²) in [5.41, 5.74) is 1.06. The quantitative estimate of drug-likeness (QED) is 0.427. The Kier molecular flexibility index (Phi) is 6.67. The minimum Gasteiger partial charge on any atom is -0.493 e. The summed E-state index contributed by atoms with van der Waals surface area (Å²) in [5, 5.41) is 6.66. The maximum Gasteiger partial charge on any atom is 0.263 e. The third-order valence-electron chi connectivity index (χ3n) is 5.04. The van der Waals surface area contributed by atoms with Crippen molar-refractivity contribution in [2.45, 2.75) is 13.1 Å². The maximum absolute atomic E-state index is 13.0. The van der Waals surface area contributed by atoms with Gasteiger partial charge in [0, 0.05) is 18.3 Å². The third-order valence-corrected chi connectivity index (χ3v) is 5.04. The summed E-state index contributed by atoms with van der Waals surface area (Å²) in [6, 6.07) is 14.1. The minimum absolute atomic E-state index is 0.0239. The highest BCUT2D eigenvalue weighted by molar-refractivity contribution is 5.75. The zero-order chi connectivity index (χ0) is 24.1. The van der Waals surface area contributed by atoms with Crippen LogP contribution < -0.4 is 20.3 Å². The van der Waals surface area contributed by atoms with Gasteiger partial charge in [-0.25, -0.2) is 4.39 Å². The molecule has 174 valence electrons. The van der Waals surface area contributed by atoms with Gasteiger partial charge in [-0.1, -0.05) is 17.3 Å². The molecule has 9 nitrogen and oxygen atoms in total. The van der Waals surface area contributed by atoms with E-state index in [0.29, 0.717) is 17.1 Å². The molecule has 0 saturated heterocycles. The summed E-state index contributed by atoms with van der Waals surface area (Å²) >= 11 is 0. The van der Waals surface area contributed by atoms with Gasteiger partial charge in [0.15, 0.2) is 11.5 Å². The predicted octanol–water partition coefficient (Wildman–Crippen LogP) is 3.04. The largest absolute Gasteiger partial charge is 0.493 e. The highest BCUT2D eigenvalue weighted by Gasteiger charge is 2.17. The van der Waals surface area contributed by atoms with Crippen LogP contribution in [-0.4, -0.2) is 34.8 Å². The van der Waals surface area contributed by atoms with Gasteiger partial charge in [0.25, 0.3) is 11.4 Å². The minimum atomic E-state index is -0.457. The van der Waals surface area contributed by atoms with E-state index in [4.69, 9.17) is 14.0 Å². The Balaban J connectivity index is 1.50. The molecule has 0 atom stereocenters. The molecule has 0 unspecified atom stereocenters. The van der Waals surface area contributed by atoms with Crippen LogP contribution in [0, 0.1) is 5.82 Å². The van der Waals surface area contributed by atoms with Crippen molar-refractivity contribution in [3.8, 4) is 34.3 Å². The van der Waals surface area contributed by atoms with Crippen LogP contribution in [0.3, 0.4) is 0 Å². The summed E-state index contributed by atoms with van der Waals surface area (Å²) in [6.07, 6.45) is 1.49. The van der Waals surface area contributed by atoms with Gasteiger partial charge in [-0.2, -0.15) is 4.98 Å². The van der Waals surface area contributed by atoms with Gasteiger partial charge in [-0.15, -0.1) is 0 Å². The molecule has 1 N–H and O–H groups in total. The number of halogens is 1. The summed E-state index contributed by atoms with van der Waals surface area (Å²) in [7, 11) is 3.05. The van der Waals surface area contributed by atoms with Gasteiger partial charge in [0.2, 0.25) is 11.7 Å². The lowest BCUT2D eigenvalue weighted by atomic mass is 10.2. The first kappa shape index (κ1) is 22.7. The van der Waals surface area contributed by atoms with Gasteiger partial charge < -0.3 is 23.9 Å². The van der Waals surface area contributed by atoms with Crippen molar-refractivity contribution in [3.63, 3.8) is 0 Å². The molecular weight excluding hydrogens is 443 g/mol. The molecule has 4 rings (SSSR count). The number of hydrogen-bond acceptors (Lipinski definition) is 7. The third kappa shape index (κ3) is 4.96. The number of carbonyl (C=O) groups is 1. The van der Waals surface area contributed by atoms with Crippen LogP contribution in [0.5, 0.6) is 11.5 Å². The van der Waals surface area contributed by atoms with Crippen LogP contribution in [0.2, 0.25) is 0 Å². The lowest BCUT2D eigenvalue weighted by molar-refractivity contribution is -0.121. The molecule has 0 bridgehead atoms. The van der Waals surface area contributed by atoms with Crippen LogP contribution in [0.1, 0.15) is 5.56 Å². The molecule has 2 aromatic heterocycles. The van der Waals surface area contributed by atoms with Crippen LogP contribution in [0.15, 0.2) is 70.1 Å². The van der Waals surface area contributed by atoms with E-state index in [1.54, 1.807) is 42.5 Å². The standard InChI is InChI=1S/C24H21FN4O5/c1-32-19-10-7-16(12-20(19)33-2)22-27-23(34-28-22)18-4-3-11-29(24(18)31)14-21(30)26-13-15-5-8-17(25)9-6-15/h3-12H,13-14H2,1-2H3,(H,26,30). The van der Waals surface area contributed by atoms with E-state index in [-0.39, 0.29) is 42.1 Å². The average Bonchev–Trinajstić information content (AvgIpc) is 3.34. The van der Waals surface area contributed by atoms with Gasteiger partial charge in [-0.3, -0.25) is 9.59 Å².